The fraction of sp³-hybridized carbons (Fsp3) is 0.400. The van der Waals surface area contributed by atoms with Gasteiger partial charge < -0.3 is 19.2 Å². The van der Waals surface area contributed by atoms with E-state index >= 15 is 0 Å². The summed E-state index contributed by atoms with van der Waals surface area (Å²) in [5.41, 5.74) is 1.53. The fourth-order valence-electron chi connectivity index (χ4n) is 3.18. The van der Waals surface area contributed by atoms with Gasteiger partial charge in [-0.1, -0.05) is 0 Å². The van der Waals surface area contributed by atoms with E-state index in [1.807, 2.05) is 13.0 Å². The number of hydrogen-bond acceptors (Lipinski definition) is 5. The average molecular weight is 357 g/mol. The Bertz CT molecular complexity index is 865. The van der Waals surface area contributed by atoms with E-state index in [-0.39, 0.29) is 11.5 Å². The van der Waals surface area contributed by atoms with Gasteiger partial charge in [-0.15, -0.1) is 0 Å². The number of carbonyl (C=O) groups is 1. The van der Waals surface area contributed by atoms with Crippen LogP contribution >= 0.6 is 0 Å². The SMILES string of the molecule is COc1ccc(NC(=O)c2c(C)cc(C3CCOCC3)oc2=O)c(C)c1. The van der Waals surface area contributed by atoms with Gasteiger partial charge in [0.25, 0.3) is 5.91 Å². The zero-order valence-electron chi connectivity index (χ0n) is 15.3. The number of benzene rings is 1. The molecule has 2 aromatic rings. The summed E-state index contributed by atoms with van der Waals surface area (Å²) in [5, 5.41) is 2.78. The average Bonchev–Trinajstić information content (AvgIpc) is 2.63. The molecule has 0 unspecified atom stereocenters. The van der Waals surface area contributed by atoms with Crippen LogP contribution in [0.2, 0.25) is 0 Å². The van der Waals surface area contributed by atoms with Crippen LogP contribution in [-0.4, -0.2) is 26.2 Å². The molecular weight excluding hydrogens is 334 g/mol. The number of carbonyl (C=O) groups excluding carboxylic acids is 1. The second-order valence-electron chi connectivity index (χ2n) is 6.52. The Labute approximate surface area is 152 Å². The summed E-state index contributed by atoms with van der Waals surface area (Å²) in [7, 11) is 1.58. The lowest BCUT2D eigenvalue weighted by Gasteiger charge is -2.21. The third kappa shape index (κ3) is 3.80. The summed E-state index contributed by atoms with van der Waals surface area (Å²) in [5.74, 6) is 1.03. The molecule has 1 fully saturated rings. The number of anilines is 1. The van der Waals surface area contributed by atoms with Crippen molar-refractivity contribution in [3.63, 3.8) is 0 Å². The summed E-state index contributed by atoms with van der Waals surface area (Å²) in [4.78, 5) is 25.1. The maximum absolute atomic E-state index is 12.6. The molecule has 0 spiro atoms. The molecule has 1 aromatic carbocycles. The zero-order chi connectivity index (χ0) is 18.7. The molecule has 0 bridgehead atoms. The number of nitrogens with one attached hydrogen (secondary N) is 1. The predicted octanol–water partition coefficient (Wildman–Crippen LogP) is 3.41. The van der Waals surface area contributed by atoms with E-state index in [4.69, 9.17) is 13.9 Å². The molecule has 2 heterocycles. The van der Waals surface area contributed by atoms with Crippen LogP contribution in [0, 0.1) is 13.8 Å². The van der Waals surface area contributed by atoms with Crippen molar-refractivity contribution in [1.29, 1.82) is 0 Å². The van der Waals surface area contributed by atoms with Crippen molar-refractivity contribution in [2.75, 3.05) is 25.6 Å². The molecule has 1 amide bonds. The molecular formula is C20H23NO5. The molecule has 6 nitrogen and oxygen atoms in total. The smallest absolute Gasteiger partial charge is 0.349 e. The van der Waals surface area contributed by atoms with Crippen molar-refractivity contribution in [3.05, 3.63) is 57.1 Å². The van der Waals surface area contributed by atoms with Crippen LogP contribution in [0.3, 0.4) is 0 Å². The van der Waals surface area contributed by atoms with Crippen LogP contribution in [-0.2, 0) is 4.74 Å². The molecule has 1 aromatic heterocycles. The largest absolute Gasteiger partial charge is 0.497 e. The molecule has 0 saturated carbocycles. The van der Waals surface area contributed by atoms with Crippen molar-refractivity contribution in [3.8, 4) is 5.75 Å². The standard InChI is InChI=1S/C20H23NO5/c1-12-10-15(24-3)4-5-16(12)21-19(22)18-13(2)11-17(26-20(18)23)14-6-8-25-9-7-14/h4-5,10-11,14H,6-9H2,1-3H3,(H,21,22). The van der Waals surface area contributed by atoms with Crippen molar-refractivity contribution in [2.24, 2.45) is 0 Å². The highest BCUT2D eigenvalue weighted by Gasteiger charge is 2.23. The Kier molecular flexibility index (Phi) is 5.42. The Balaban J connectivity index is 1.84. The van der Waals surface area contributed by atoms with Crippen LogP contribution in [0.4, 0.5) is 5.69 Å². The Hall–Kier alpha value is -2.60. The monoisotopic (exact) mass is 357 g/mol. The van der Waals surface area contributed by atoms with Crippen molar-refractivity contribution >= 4 is 11.6 Å². The zero-order valence-corrected chi connectivity index (χ0v) is 15.3. The molecule has 138 valence electrons. The highest BCUT2D eigenvalue weighted by Crippen LogP contribution is 2.27. The number of hydrogen-bond donors (Lipinski definition) is 1. The molecule has 26 heavy (non-hydrogen) atoms. The van der Waals surface area contributed by atoms with Gasteiger partial charge in [0, 0.05) is 24.8 Å². The van der Waals surface area contributed by atoms with Crippen LogP contribution in [0.15, 0.2) is 33.5 Å². The van der Waals surface area contributed by atoms with Gasteiger partial charge in [-0.2, -0.15) is 0 Å². The van der Waals surface area contributed by atoms with Gasteiger partial charge in [0.15, 0.2) is 0 Å². The Morgan fingerprint density at radius 1 is 1.15 bits per heavy atom. The molecule has 0 atom stereocenters. The first-order chi connectivity index (χ1) is 12.5. The molecule has 1 N–H and O–H groups in total. The topological polar surface area (TPSA) is 77.8 Å². The van der Waals surface area contributed by atoms with E-state index in [2.05, 4.69) is 5.32 Å². The third-order valence-corrected chi connectivity index (χ3v) is 4.70. The predicted molar refractivity (Wildman–Crippen MR) is 98.2 cm³/mol. The fourth-order valence-corrected chi connectivity index (χ4v) is 3.18. The first kappa shape index (κ1) is 18.2. The summed E-state index contributed by atoms with van der Waals surface area (Å²) in [6.07, 6.45) is 1.64. The summed E-state index contributed by atoms with van der Waals surface area (Å²) in [6, 6.07) is 7.12. The molecule has 3 rings (SSSR count). The van der Waals surface area contributed by atoms with Gasteiger partial charge in [0.2, 0.25) is 0 Å². The van der Waals surface area contributed by atoms with E-state index in [1.165, 1.54) is 0 Å². The minimum atomic E-state index is -0.602. The molecule has 1 saturated heterocycles. The van der Waals surface area contributed by atoms with Gasteiger partial charge in [-0.05, 0) is 62.1 Å². The van der Waals surface area contributed by atoms with Crippen LogP contribution in [0.5, 0.6) is 5.75 Å². The van der Waals surface area contributed by atoms with Gasteiger partial charge in [0.1, 0.15) is 17.1 Å². The number of aryl methyl sites for hydroxylation is 2. The molecule has 0 radical (unpaired) electrons. The number of ether oxygens (including phenoxy) is 2. The first-order valence-corrected chi connectivity index (χ1v) is 8.68. The maximum Gasteiger partial charge on any atom is 0.349 e. The van der Waals surface area contributed by atoms with E-state index in [0.717, 1.165) is 18.4 Å². The highest BCUT2D eigenvalue weighted by atomic mass is 16.5. The lowest BCUT2D eigenvalue weighted by Crippen LogP contribution is -2.24. The molecule has 1 aliphatic rings. The lowest BCUT2D eigenvalue weighted by molar-refractivity contribution is 0.0796. The van der Waals surface area contributed by atoms with Crippen LogP contribution in [0.1, 0.15) is 46.0 Å². The molecule has 0 aliphatic carbocycles. The molecule has 1 aliphatic heterocycles. The maximum atomic E-state index is 12.6. The minimum absolute atomic E-state index is 0.0380. The van der Waals surface area contributed by atoms with E-state index < -0.39 is 11.5 Å². The Morgan fingerprint density at radius 2 is 1.88 bits per heavy atom. The molecule has 6 heteroatoms. The first-order valence-electron chi connectivity index (χ1n) is 8.68. The summed E-state index contributed by atoms with van der Waals surface area (Å²) < 4.78 is 16.0. The lowest BCUT2D eigenvalue weighted by atomic mass is 9.95. The van der Waals surface area contributed by atoms with Crippen molar-refractivity contribution < 1.29 is 18.7 Å². The van der Waals surface area contributed by atoms with Crippen molar-refractivity contribution in [1.82, 2.24) is 0 Å². The quantitative estimate of drug-likeness (QED) is 0.907. The van der Waals surface area contributed by atoms with Gasteiger partial charge in [-0.3, -0.25) is 4.79 Å². The summed E-state index contributed by atoms with van der Waals surface area (Å²) >= 11 is 0. The second-order valence-corrected chi connectivity index (χ2v) is 6.52. The van der Waals surface area contributed by atoms with E-state index in [9.17, 15) is 9.59 Å². The van der Waals surface area contributed by atoms with E-state index in [0.29, 0.717) is 36.0 Å². The van der Waals surface area contributed by atoms with Crippen LogP contribution in [0.25, 0.3) is 0 Å². The number of rotatable bonds is 4. The normalized spacial score (nSPS) is 14.9. The van der Waals surface area contributed by atoms with Gasteiger partial charge in [0.05, 0.1) is 7.11 Å². The second kappa shape index (κ2) is 7.74. The highest BCUT2D eigenvalue weighted by molar-refractivity contribution is 6.05. The van der Waals surface area contributed by atoms with Crippen LogP contribution < -0.4 is 15.7 Å². The van der Waals surface area contributed by atoms with Crippen molar-refractivity contribution in [2.45, 2.75) is 32.6 Å². The number of amides is 1. The number of methoxy groups -OCH3 is 1. The minimum Gasteiger partial charge on any atom is -0.497 e. The van der Waals surface area contributed by atoms with Gasteiger partial charge in [-0.25, -0.2) is 4.79 Å². The van der Waals surface area contributed by atoms with Gasteiger partial charge >= 0.3 is 5.63 Å². The Morgan fingerprint density at radius 3 is 2.50 bits per heavy atom. The summed E-state index contributed by atoms with van der Waals surface area (Å²) in [6.45, 7) is 4.94. The van der Waals surface area contributed by atoms with E-state index in [1.54, 1.807) is 32.2 Å². The third-order valence-electron chi connectivity index (χ3n) is 4.70.